The zero-order valence-corrected chi connectivity index (χ0v) is 10.4. The summed E-state index contributed by atoms with van der Waals surface area (Å²) >= 11 is 0. The highest BCUT2D eigenvalue weighted by molar-refractivity contribution is 6.19. The van der Waals surface area contributed by atoms with E-state index < -0.39 is 23.3 Å². The van der Waals surface area contributed by atoms with E-state index in [1.165, 1.54) is 0 Å². The van der Waals surface area contributed by atoms with Crippen molar-refractivity contribution in [3.05, 3.63) is 12.2 Å². The predicted octanol–water partition coefficient (Wildman–Crippen LogP) is 1.35. The van der Waals surface area contributed by atoms with Gasteiger partial charge in [-0.25, -0.2) is 4.79 Å². The van der Waals surface area contributed by atoms with E-state index in [1.807, 2.05) is 20.8 Å². The number of amides is 4. The maximum atomic E-state index is 12.0. The Balaban J connectivity index is 3.15. The number of rotatable bonds is 4. The van der Waals surface area contributed by atoms with E-state index >= 15 is 0 Å². The number of carbonyl (C=O) groups excluding carboxylic acids is 3. The van der Waals surface area contributed by atoms with Gasteiger partial charge in [0.05, 0.1) is 0 Å². The number of nitrogens with one attached hydrogen (secondary N) is 2. The van der Waals surface area contributed by atoms with Crippen molar-refractivity contribution < 1.29 is 14.4 Å². The summed E-state index contributed by atoms with van der Waals surface area (Å²) < 4.78 is 0. The third kappa shape index (κ3) is 2.23. The summed E-state index contributed by atoms with van der Waals surface area (Å²) in [5, 5.41) is 4.36. The van der Waals surface area contributed by atoms with Gasteiger partial charge in [0.2, 0.25) is 11.8 Å². The van der Waals surface area contributed by atoms with E-state index in [-0.39, 0.29) is 5.92 Å². The molecule has 0 aromatic rings. The van der Waals surface area contributed by atoms with Gasteiger partial charge in [-0.05, 0) is 19.3 Å². The van der Waals surface area contributed by atoms with Crippen LogP contribution in [0.25, 0.3) is 0 Å². The quantitative estimate of drug-likeness (QED) is 0.573. The molecule has 0 aromatic heterocycles. The van der Waals surface area contributed by atoms with Gasteiger partial charge in [0, 0.05) is 0 Å². The summed E-state index contributed by atoms with van der Waals surface area (Å²) in [5.41, 5.74) is -1.17. The monoisotopic (exact) mass is 238 g/mol. The Bertz CT molecular complexity index is 354. The van der Waals surface area contributed by atoms with Crippen molar-refractivity contribution in [2.75, 3.05) is 0 Å². The fourth-order valence-electron chi connectivity index (χ4n) is 2.05. The summed E-state index contributed by atoms with van der Waals surface area (Å²) in [6, 6.07) is -0.737. The molecule has 1 aliphatic rings. The van der Waals surface area contributed by atoms with Crippen LogP contribution >= 0.6 is 0 Å². The molecule has 1 heterocycles. The topological polar surface area (TPSA) is 75.3 Å². The van der Waals surface area contributed by atoms with E-state index in [4.69, 9.17) is 0 Å². The Labute approximate surface area is 101 Å². The van der Waals surface area contributed by atoms with Crippen LogP contribution in [-0.4, -0.2) is 17.8 Å². The Kier molecular flexibility index (Phi) is 4.04. The minimum Gasteiger partial charge on any atom is -0.277 e. The Morgan fingerprint density at radius 2 is 1.76 bits per heavy atom. The molecule has 0 spiro atoms. The molecule has 94 valence electrons. The van der Waals surface area contributed by atoms with Crippen LogP contribution in [0.4, 0.5) is 4.79 Å². The number of imide groups is 2. The number of barbiturate groups is 1. The molecule has 1 unspecified atom stereocenters. The van der Waals surface area contributed by atoms with Crippen molar-refractivity contribution >= 4 is 17.8 Å². The van der Waals surface area contributed by atoms with Crippen LogP contribution in [-0.2, 0) is 9.59 Å². The molecule has 0 aliphatic carbocycles. The first kappa shape index (κ1) is 13.4. The molecule has 1 rings (SSSR count). The van der Waals surface area contributed by atoms with E-state index in [0.29, 0.717) is 12.8 Å². The molecule has 4 amide bonds. The van der Waals surface area contributed by atoms with Gasteiger partial charge in [-0.3, -0.25) is 20.2 Å². The Hall–Kier alpha value is -1.65. The zero-order valence-electron chi connectivity index (χ0n) is 10.4. The lowest BCUT2D eigenvalue weighted by Gasteiger charge is -2.37. The lowest BCUT2D eigenvalue weighted by Crippen LogP contribution is -2.64. The van der Waals surface area contributed by atoms with E-state index in [9.17, 15) is 14.4 Å². The highest BCUT2D eigenvalue weighted by atomic mass is 16.2. The van der Waals surface area contributed by atoms with Gasteiger partial charge in [-0.2, -0.15) is 0 Å². The molecule has 5 heteroatoms. The highest BCUT2D eigenvalue weighted by Crippen LogP contribution is 2.36. The molecule has 1 fully saturated rings. The first-order valence-corrected chi connectivity index (χ1v) is 5.77. The van der Waals surface area contributed by atoms with Crippen molar-refractivity contribution in [2.45, 2.75) is 33.6 Å². The summed E-state index contributed by atoms with van der Waals surface area (Å²) in [6.45, 7) is 5.59. The molecule has 1 saturated heterocycles. The normalized spacial score (nSPS) is 21.2. The van der Waals surface area contributed by atoms with Crippen LogP contribution < -0.4 is 10.6 Å². The van der Waals surface area contributed by atoms with Crippen LogP contribution in [0.15, 0.2) is 12.2 Å². The Morgan fingerprint density at radius 1 is 1.24 bits per heavy atom. The second-order valence-electron chi connectivity index (χ2n) is 4.29. The van der Waals surface area contributed by atoms with E-state index in [0.717, 1.165) is 0 Å². The fourth-order valence-corrected chi connectivity index (χ4v) is 2.05. The van der Waals surface area contributed by atoms with Crippen molar-refractivity contribution in [3.8, 4) is 0 Å². The van der Waals surface area contributed by atoms with Crippen LogP contribution in [0.2, 0.25) is 0 Å². The van der Waals surface area contributed by atoms with Crippen LogP contribution in [0, 0.1) is 11.3 Å². The molecule has 0 aromatic carbocycles. The van der Waals surface area contributed by atoms with Crippen molar-refractivity contribution in [3.63, 3.8) is 0 Å². The SMILES string of the molecule is C/C=C/CC1(C(C)CC)C(=O)NC(=O)NC1=O. The molecule has 0 bridgehead atoms. The average molecular weight is 238 g/mol. The molecule has 0 saturated carbocycles. The van der Waals surface area contributed by atoms with Crippen molar-refractivity contribution in [1.29, 1.82) is 0 Å². The molecule has 1 aliphatic heterocycles. The minimum absolute atomic E-state index is 0.133. The smallest absolute Gasteiger partial charge is 0.277 e. The number of allylic oxidation sites excluding steroid dienone is 2. The van der Waals surface area contributed by atoms with Crippen LogP contribution in [0.5, 0.6) is 0 Å². The van der Waals surface area contributed by atoms with Gasteiger partial charge in [-0.1, -0.05) is 32.4 Å². The third-order valence-electron chi connectivity index (χ3n) is 3.39. The summed E-state index contributed by atoms with van der Waals surface area (Å²) in [5.74, 6) is -1.13. The minimum atomic E-state index is -1.17. The van der Waals surface area contributed by atoms with Crippen LogP contribution in [0.1, 0.15) is 33.6 Å². The first-order chi connectivity index (χ1) is 7.98. The predicted molar refractivity (Wildman–Crippen MR) is 63.0 cm³/mol. The first-order valence-electron chi connectivity index (χ1n) is 5.77. The molecule has 5 nitrogen and oxygen atoms in total. The summed E-state index contributed by atoms with van der Waals surface area (Å²) in [6.07, 6.45) is 4.57. The van der Waals surface area contributed by atoms with Crippen molar-refractivity contribution in [1.82, 2.24) is 10.6 Å². The van der Waals surface area contributed by atoms with Gasteiger partial charge < -0.3 is 0 Å². The molecular weight excluding hydrogens is 220 g/mol. The second-order valence-corrected chi connectivity index (χ2v) is 4.29. The maximum absolute atomic E-state index is 12.0. The lowest BCUT2D eigenvalue weighted by molar-refractivity contribution is -0.148. The van der Waals surface area contributed by atoms with Crippen LogP contribution in [0.3, 0.4) is 0 Å². The van der Waals surface area contributed by atoms with Gasteiger partial charge in [0.15, 0.2) is 0 Å². The number of carbonyl (C=O) groups is 3. The summed E-state index contributed by atoms with van der Waals surface area (Å²) in [7, 11) is 0. The van der Waals surface area contributed by atoms with Crippen molar-refractivity contribution in [2.24, 2.45) is 11.3 Å². The zero-order chi connectivity index (χ0) is 13.1. The largest absolute Gasteiger partial charge is 0.328 e. The molecule has 2 N–H and O–H groups in total. The average Bonchev–Trinajstić information content (AvgIpc) is 2.27. The second kappa shape index (κ2) is 5.12. The molecule has 17 heavy (non-hydrogen) atoms. The Morgan fingerprint density at radius 3 is 2.18 bits per heavy atom. The molecule has 0 radical (unpaired) electrons. The van der Waals surface area contributed by atoms with Gasteiger partial charge in [-0.15, -0.1) is 0 Å². The standard InChI is InChI=1S/C12H18N2O3/c1-4-6-7-12(8(3)5-2)9(15)13-11(17)14-10(12)16/h4,6,8H,5,7H2,1-3H3,(H2,13,14,15,16,17)/b6-4+. The number of hydrogen-bond donors (Lipinski definition) is 2. The summed E-state index contributed by atoms with van der Waals surface area (Å²) in [4.78, 5) is 35.1. The number of hydrogen-bond acceptors (Lipinski definition) is 3. The van der Waals surface area contributed by atoms with Gasteiger partial charge in [0.25, 0.3) is 0 Å². The highest BCUT2D eigenvalue weighted by Gasteiger charge is 2.52. The van der Waals surface area contributed by atoms with E-state index in [2.05, 4.69) is 10.6 Å². The molecular formula is C12H18N2O3. The lowest BCUT2D eigenvalue weighted by atomic mass is 9.70. The fraction of sp³-hybridized carbons (Fsp3) is 0.583. The number of urea groups is 1. The maximum Gasteiger partial charge on any atom is 0.328 e. The van der Waals surface area contributed by atoms with Gasteiger partial charge in [0.1, 0.15) is 5.41 Å². The van der Waals surface area contributed by atoms with E-state index in [1.54, 1.807) is 12.2 Å². The molecule has 1 atom stereocenters. The van der Waals surface area contributed by atoms with Gasteiger partial charge >= 0.3 is 6.03 Å². The third-order valence-corrected chi connectivity index (χ3v) is 3.39.